The number of thiophene rings is 1. The number of aliphatic hydroxyl groups excluding tert-OH is 1. The zero-order chi connectivity index (χ0) is 15.9. The molecule has 116 valence electrons. The van der Waals surface area contributed by atoms with Crippen LogP contribution in [0, 0.1) is 0 Å². The minimum absolute atomic E-state index is 0.0546. The maximum atomic E-state index is 12.1. The molecule has 0 bridgehead atoms. The Morgan fingerprint density at radius 1 is 1.23 bits per heavy atom. The summed E-state index contributed by atoms with van der Waals surface area (Å²) >= 11 is 6.90. The normalized spacial score (nSPS) is 10.3. The van der Waals surface area contributed by atoms with Crippen molar-refractivity contribution >= 4 is 40.4 Å². The molecule has 5 nitrogen and oxygen atoms in total. The first-order chi connectivity index (χ1) is 10.6. The van der Waals surface area contributed by atoms with Crippen molar-refractivity contribution in [1.29, 1.82) is 0 Å². The number of benzene rings is 1. The molecule has 22 heavy (non-hydrogen) atoms. The summed E-state index contributed by atoms with van der Waals surface area (Å²) in [6.07, 6.45) is 0. The van der Waals surface area contributed by atoms with E-state index in [-0.39, 0.29) is 19.0 Å². The first-order valence-corrected chi connectivity index (χ1v) is 7.70. The average molecular weight is 340 g/mol. The zero-order valence-electron chi connectivity index (χ0n) is 11.5. The van der Waals surface area contributed by atoms with Crippen LogP contribution in [0.5, 0.6) is 0 Å². The molecular weight excluding hydrogens is 326 g/mol. The Kier molecular flexibility index (Phi) is 5.94. The number of anilines is 1. The molecule has 0 aliphatic rings. The van der Waals surface area contributed by atoms with E-state index in [4.69, 9.17) is 21.4 Å². The van der Waals surface area contributed by atoms with Gasteiger partial charge in [-0.1, -0.05) is 23.7 Å². The van der Waals surface area contributed by atoms with E-state index in [1.54, 1.807) is 36.4 Å². The highest BCUT2D eigenvalue weighted by molar-refractivity contribution is 7.18. The number of halogens is 1. The van der Waals surface area contributed by atoms with Gasteiger partial charge in [0.05, 0.1) is 21.4 Å². The maximum Gasteiger partial charge on any atom is 0.340 e. The second-order valence-corrected chi connectivity index (χ2v) is 6.01. The second kappa shape index (κ2) is 7.93. The number of Topliss-reactive ketones (excluding diaryl/α,β-unsaturated/α-hetero) is 1. The summed E-state index contributed by atoms with van der Waals surface area (Å²) in [4.78, 5) is 24.4. The van der Waals surface area contributed by atoms with Crippen LogP contribution in [0.25, 0.3) is 0 Å². The first kappa shape index (κ1) is 16.5. The van der Waals surface area contributed by atoms with Crippen molar-refractivity contribution in [2.75, 3.05) is 25.1 Å². The Hall–Kier alpha value is -1.89. The van der Waals surface area contributed by atoms with E-state index >= 15 is 0 Å². The molecule has 0 amide bonds. The molecule has 0 unspecified atom stereocenters. The van der Waals surface area contributed by atoms with Crippen molar-refractivity contribution in [3.05, 3.63) is 51.2 Å². The molecule has 2 rings (SSSR count). The SMILES string of the molecule is O=C(COC(=O)c1ccccc1NCCO)c1ccc(Cl)s1. The number of aliphatic hydroxyl groups is 1. The van der Waals surface area contributed by atoms with E-state index in [1.807, 2.05) is 0 Å². The summed E-state index contributed by atoms with van der Waals surface area (Å²) in [5, 5.41) is 11.7. The molecule has 0 atom stereocenters. The summed E-state index contributed by atoms with van der Waals surface area (Å²) < 4.78 is 5.55. The van der Waals surface area contributed by atoms with Crippen LogP contribution in [0.2, 0.25) is 4.34 Å². The minimum atomic E-state index is -0.600. The molecule has 1 aromatic heterocycles. The third kappa shape index (κ3) is 4.30. The smallest absolute Gasteiger partial charge is 0.340 e. The van der Waals surface area contributed by atoms with E-state index in [2.05, 4.69) is 5.32 Å². The van der Waals surface area contributed by atoms with Crippen molar-refractivity contribution in [2.24, 2.45) is 0 Å². The molecule has 1 aromatic carbocycles. The minimum Gasteiger partial charge on any atom is -0.454 e. The van der Waals surface area contributed by atoms with Crippen molar-refractivity contribution in [1.82, 2.24) is 0 Å². The van der Waals surface area contributed by atoms with Crippen molar-refractivity contribution < 1.29 is 19.4 Å². The van der Waals surface area contributed by atoms with Crippen LogP contribution in [0.3, 0.4) is 0 Å². The average Bonchev–Trinajstić information content (AvgIpc) is 2.97. The number of hydrogen-bond donors (Lipinski definition) is 2. The lowest BCUT2D eigenvalue weighted by Gasteiger charge is -2.10. The van der Waals surface area contributed by atoms with E-state index in [0.29, 0.717) is 27.0 Å². The van der Waals surface area contributed by atoms with Gasteiger partial charge in [-0.15, -0.1) is 11.3 Å². The van der Waals surface area contributed by atoms with Gasteiger partial charge in [-0.3, -0.25) is 4.79 Å². The lowest BCUT2D eigenvalue weighted by molar-refractivity contribution is 0.0476. The van der Waals surface area contributed by atoms with Crippen LogP contribution in [0.1, 0.15) is 20.0 Å². The van der Waals surface area contributed by atoms with E-state index in [1.165, 1.54) is 0 Å². The third-order valence-corrected chi connectivity index (χ3v) is 4.03. The highest BCUT2D eigenvalue weighted by atomic mass is 35.5. The summed E-state index contributed by atoms with van der Waals surface area (Å²) in [5.41, 5.74) is 0.862. The fourth-order valence-electron chi connectivity index (χ4n) is 1.75. The quantitative estimate of drug-likeness (QED) is 0.599. The fourth-order valence-corrected chi connectivity index (χ4v) is 2.72. The number of para-hydroxylation sites is 1. The molecule has 1 heterocycles. The summed E-state index contributed by atoms with van der Waals surface area (Å²) in [6, 6.07) is 9.97. The monoisotopic (exact) mass is 339 g/mol. The molecule has 0 radical (unpaired) electrons. The Bertz CT molecular complexity index is 671. The van der Waals surface area contributed by atoms with Gasteiger partial charge in [0, 0.05) is 12.2 Å². The van der Waals surface area contributed by atoms with E-state index in [9.17, 15) is 9.59 Å². The molecule has 0 saturated heterocycles. The van der Waals surface area contributed by atoms with Crippen LogP contribution in [0.15, 0.2) is 36.4 Å². The van der Waals surface area contributed by atoms with Gasteiger partial charge in [0.1, 0.15) is 0 Å². The number of carbonyl (C=O) groups is 2. The fraction of sp³-hybridized carbons (Fsp3) is 0.200. The number of carbonyl (C=O) groups excluding carboxylic acids is 2. The Morgan fingerprint density at radius 2 is 2.00 bits per heavy atom. The predicted octanol–water partition coefficient (Wildman–Crippen LogP) is 2.85. The number of ketones is 1. The second-order valence-electron chi connectivity index (χ2n) is 4.30. The van der Waals surface area contributed by atoms with Crippen LogP contribution >= 0.6 is 22.9 Å². The van der Waals surface area contributed by atoms with Gasteiger partial charge in [0.15, 0.2) is 6.61 Å². The molecule has 0 aliphatic heterocycles. The molecule has 7 heteroatoms. The van der Waals surface area contributed by atoms with Gasteiger partial charge in [0.25, 0.3) is 0 Å². The van der Waals surface area contributed by atoms with Gasteiger partial charge < -0.3 is 15.2 Å². The first-order valence-electron chi connectivity index (χ1n) is 6.51. The van der Waals surface area contributed by atoms with Crippen LogP contribution in [-0.2, 0) is 4.74 Å². The van der Waals surface area contributed by atoms with Gasteiger partial charge >= 0.3 is 5.97 Å². The van der Waals surface area contributed by atoms with Crippen LogP contribution in [-0.4, -0.2) is 36.6 Å². The summed E-state index contributed by atoms with van der Waals surface area (Å²) in [5.74, 6) is -0.900. The molecule has 2 N–H and O–H groups in total. The number of ether oxygens (including phenoxy) is 1. The van der Waals surface area contributed by atoms with Crippen molar-refractivity contribution in [3.63, 3.8) is 0 Å². The number of rotatable bonds is 7. The Labute approximate surface area is 136 Å². The van der Waals surface area contributed by atoms with Gasteiger partial charge in [0.2, 0.25) is 5.78 Å². The lowest BCUT2D eigenvalue weighted by Crippen LogP contribution is -2.16. The van der Waals surface area contributed by atoms with Crippen LogP contribution in [0.4, 0.5) is 5.69 Å². The predicted molar refractivity (Wildman–Crippen MR) is 86.0 cm³/mol. The number of hydrogen-bond acceptors (Lipinski definition) is 6. The molecule has 0 saturated carbocycles. The molecule has 0 spiro atoms. The highest BCUT2D eigenvalue weighted by Gasteiger charge is 2.15. The molecule has 2 aromatic rings. The van der Waals surface area contributed by atoms with Gasteiger partial charge in [-0.05, 0) is 24.3 Å². The van der Waals surface area contributed by atoms with E-state index in [0.717, 1.165) is 11.3 Å². The summed E-state index contributed by atoms with van der Waals surface area (Å²) in [7, 11) is 0. The number of nitrogens with one attached hydrogen (secondary N) is 1. The van der Waals surface area contributed by atoms with Gasteiger partial charge in [-0.25, -0.2) is 4.79 Å². The lowest BCUT2D eigenvalue weighted by atomic mass is 10.2. The summed E-state index contributed by atoms with van der Waals surface area (Å²) in [6.45, 7) is -0.0814. The standard InChI is InChI=1S/C15H14ClNO4S/c16-14-6-5-13(22-14)12(19)9-21-15(20)10-3-1-2-4-11(10)17-7-8-18/h1-6,17-18H,7-9H2. The van der Waals surface area contributed by atoms with Crippen molar-refractivity contribution in [3.8, 4) is 0 Å². The largest absolute Gasteiger partial charge is 0.454 e. The molecular formula is C15H14ClNO4S. The highest BCUT2D eigenvalue weighted by Crippen LogP contribution is 2.22. The number of esters is 1. The van der Waals surface area contributed by atoms with Gasteiger partial charge in [-0.2, -0.15) is 0 Å². The Morgan fingerprint density at radius 3 is 2.68 bits per heavy atom. The zero-order valence-corrected chi connectivity index (χ0v) is 13.1. The van der Waals surface area contributed by atoms with Crippen molar-refractivity contribution in [2.45, 2.75) is 0 Å². The van der Waals surface area contributed by atoms with Crippen LogP contribution < -0.4 is 5.32 Å². The molecule has 0 aliphatic carbocycles. The Balaban J connectivity index is 1.99. The third-order valence-electron chi connectivity index (χ3n) is 2.76. The van der Waals surface area contributed by atoms with E-state index < -0.39 is 5.97 Å². The topological polar surface area (TPSA) is 75.6 Å². The molecule has 0 fully saturated rings. The maximum absolute atomic E-state index is 12.1.